The molecule has 7 nitrogen and oxygen atoms in total. The number of rotatable bonds is 12. The topological polar surface area (TPSA) is 75.6 Å². The zero-order valence-electron chi connectivity index (χ0n) is 23.8. The average Bonchev–Trinajstić information content (AvgIpc) is 3.02. The maximum absolute atomic E-state index is 13.9. The number of carbonyl (C=O) groups excluding carboxylic acids is 2. The van der Waals surface area contributed by atoms with Gasteiger partial charge in [0.1, 0.15) is 6.04 Å². The van der Waals surface area contributed by atoms with Gasteiger partial charge in [0, 0.05) is 57.7 Å². The lowest BCUT2D eigenvalue weighted by molar-refractivity contribution is -0.143. The SMILES string of the molecule is COCCN(C)C(=O)[C@H](Cc1ccccc1)N(Cc1ccc(-c2ccccn2)cc1)C(=O)/C=C/c1ccc(C)cn1. The van der Waals surface area contributed by atoms with Crippen molar-refractivity contribution >= 4 is 17.9 Å². The first-order valence-electron chi connectivity index (χ1n) is 13.6. The first-order valence-corrected chi connectivity index (χ1v) is 13.6. The normalized spacial score (nSPS) is 11.8. The number of aryl methyl sites for hydroxylation is 1. The number of methoxy groups -OCH3 is 1. The maximum atomic E-state index is 13.9. The summed E-state index contributed by atoms with van der Waals surface area (Å²) in [6.07, 6.45) is 7.10. The van der Waals surface area contributed by atoms with E-state index in [-0.39, 0.29) is 18.4 Å². The molecule has 4 rings (SSSR count). The van der Waals surface area contributed by atoms with Crippen LogP contribution in [0.4, 0.5) is 0 Å². The summed E-state index contributed by atoms with van der Waals surface area (Å²) in [4.78, 5) is 39.8. The van der Waals surface area contributed by atoms with E-state index in [1.54, 1.807) is 42.4 Å². The number of nitrogens with zero attached hydrogens (tertiary/aromatic N) is 4. The van der Waals surface area contributed by atoms with Gasteiger partial charge in [-0.15, -0.1) is 0 Å². The van der Waals surface area contributed by atoms with Gasteiger partial charge in [-0.3, -0.25) is 19.6 Å². The van der Waals surface area contributed by atoms with Crippen LogP contribution in [0.15, 0.2) is 103 Å². The van der Waals surface area contributed by atoms with Crippen LogP contribution in [0.3, 0.4) is 0 Å². The second kappa shape index (κ2) is 14.7. The highest BCUT2D eigenvalue weighted by Gasteiger charge is 2.31. The van der Waals surface area contributed by atoms with Crippen LogP contribution in [0.5, 0.6) is 0 Å². The van der Waals surface area contributed by atoms with Crippen LogP contribution in [0.2, 0.25) is 0 Å². The molecule has 0 saturated heterocycles. The first kappa shape index (κ1) is 29.4. The first-order chi connectivity index (χ1) is 19.9. The van der Waals surface area contributed by atoms with Gasteiger partial charge in [0.2, 0.25) is 11.8 Å². The highest BCUT2D eigenvalue weighted by molar-refractivity contribution is 5.95. The van der Waals surface area contributed by atoms with Gasteiger partial charge in [-0.2, -0.15) is 0 Å². The zero-order chi connectivity index (χ0) is 29.0. The quantitative estimate of drug-likeness (QED) is 0.227. The second-order valence-corrected chi connectivity index (χ2v) is 9.93. The molecule has 0 spiro atoms. The monoisotopic (exact) mass is 548 g/mol. The van der Waals surface area contributed by atoms with Crippen LogP contribution >= 0.6 is 0 Å². The van der Waals surface area contributed by atoms with Crippen LogP contribution in [-0.2, 0) is 27.3 Å². The number of hydrogen-bond donors (Lipinski definition) is 0. The summed E-state index contributed by atoms with van der Waals surface area (Å²) in [5, 5.41) is 0. The van der Waals surface area contributed by atoms with Gasteiger partial charge in [0.25, 0.3) is 0 Å². The van der Waals surface area contributed by atoms with Crippen LogP contribution in [0.1, 0.15) is 22.4 Å². The number of likely N-dealkylation sites (N-methyl/N-ethyl adjacent to an activating group) is 1. The van der Waals surface area contributed by atoms with Gasteiger partial charge < -0.3 is 14.5 Å². The van der Waals surface area contributed by atoms with E-state index in [2.05, 4.69) is 9.97 Å². The Balaban J connectivity index is 1.68. The van der Waals surface area contributed by atoms with Gasteiger partial charge in [-0.25, -0.2) is 0 Å². The lowest BCUT2D eigenvalue weighted by atomic mass is 10.0. The third-order valence-electron chi connectivity index (χ3n) is 6.82. The number of hydrogen-bond acceptors (Lipinski definition) is 5. The molecule has 0 aliphatic rings. The Bertz CT molecular complexity index is 1420. The molecule has 0 radical (unpaired) electrons. The molecular weight excluding hydrogens is 512 g/mol. The largest absolute Gasteiger partial charge is 0.383 e. The molecule has 0 bridgehead atoms. The van der Waals surface area contributed by atoms with E-state index in [4.69, 9.17) is 4.74 Å². The van der Waals surface area contributed by atoms with E-state index in [9.17, 15) is 9.59 Å². The van der Waals surface area contributed by atoms with Crippen LogP contribution in [-0.4, -0.2) is 64.9 Å². The minimum atomic E-state index is -0.724. The Morgan fingerprint density at radius 3 is 2.32 bits per heavy atom. The molecule has 2 aromatic carbocycles. The standard InChI is InChI=1S/C34H36N4O3/c1-26-12-17-30(36-24-26)18-19-33(39)38(25-28-13-15-29(16-14-28)31-11-7-8-20-35-31)32(23-27-9-5-4-6-10-27)34(40)37(2)21-22-41-3/h4-20,24,32H,21-23,25H2,1-3H3/b19-18+/t32-/m0/s1. The highest BCUT2D eigenvalue weighted by atomic mass is 16.5. The molecule has 4 aromatic rings. The van der Waals surface area contributed by atoms with Crippen molar-refractivity contribution in [2.75, 3.05) is 27.3 Å². The van der Waals surface area contributed by atoms with Gasteiger partial charge in [0.05, 0.1) is 18.0 Å². The van der Waals surface area contributed by atoms with E-state index in [1.165, 1.54) is 6.08 Å². The molecular formula is C34H36N4O3. The predicted octanol–water partition coefficient (Wildman–Crippen LogP) is 5.21. The van der Waals surface area contributed by atoms with E-state index in [1.807, 2.05) is 91.9 Å². The fourth-order valence-corrected chi connectivity index (χ4v) is 4.44. The summed E-state index contributed by atoms with van der Waals surface area (Å²) in [7, 11) is 3.35. The van der Waals surface area contributed by atoms with Gasteiger partial charge >= 0.3 is 0 Å². The minimum absolute atomic E-state index is 0.147. The summed E-state index contributed by atoms with van der Waals surface area (Å²) in [6, 6.07) is 26.6. The average molecular weight is 549 g/mol. The van der Waals surface area contributed by atoms with E-state index >= 15 is 0 Å². The van der Waals surface area contributed by atoms with Crippen LogP contribution < -0.4 is 0 Å². The number of ether oxygens (including phenoxy) is 1. The predicted molar refractivity (Wildman–Crippen MR) is 162 cm³/mol. The van der Waals surface area contributed by atoms with Crippen molar-refractivity contribution in [3.05, 3.63) is 126 Å². The molecule has 0 N–H and O–H groups in total. The lowest BCUT2D eigenvalue weighted by Crippen LogP contribution is -2.51. The third kappa shape index (κ3) is 8.43. The smallest absolute Gasteiger partial charge is 0.247 e. The maximum Gasteiger partial charge on any atom is 0.247 e. The summed E-state index contributed by atoms with van der Waals surface area (Å²) in [5.74, 6) is -0.415. The molecule has 2 heterocycles. The number of benzene rings is 2. The van der Waals surface area contributed by atoms with Crippen molar-refractivity contribution in [3.8, 4) is 11.3 Å². The highest BCUT2D eigenvalue weighted by Crippen LogP contribution is 2.21. The van der Waals surface area contributed by atoms with E-state index in [0.717, 1.165) is 27.9 Å². The number of pyridine rings is 2. The van der Waals surface area contributed by atoms with Crippen molar-refractivity contribution in [1.29, 1.82) is 0 Å². The van der Waals surface area contributed by atoms with Gasteiger partial charge in [-0.05, 0) is 47.9 Å². The van der Waals surface area contributed by atoms with E-state index in [0.29, 0.717) is 25.3 Å². The van der Waals surface area contributed by atoms with Crippen molar-refractivity contribution in [2.45, 2.75) is 25.9 Å². The summed E-state index contributed by atoms with van der Waals surface area (Å²) in [6.45, 7) is 3.05. The van der Waals surface area contributed by atoms with E-state index < -0.39 is 6.04 Å². The molecule has 7 heteroatoms. The molecule has 0 fully saturated rings. The second-order valence-electron chi connectivity index (χ2n) is 9.93. The summed E-state index contributed by atoms with van der Waals surface area (Å²) < 4.78 is 5.21. The molecule has 0 aliphatic carbocycles. The number of aromatic nitrogens is 2. The fraction of sp³-hybridized carbons (Fsp3) is 0.235. The van der Waals surface area contributed by atoms with Crippen molar-refractivity contribution in [3.63, 3.8) is 0 Å². The Labute approximate surface area is 242 Å². The molecule has 0 unspecified atom stereocenters. The summed E-state index contributed by atoms with van der Waals surface area (Å²) >= 11 is 0. The number of amides is 2. The third-order valence-corrected chi connectivity index (χ3v) is 6.82. The number of carbonyl (C=O) groups is 2. The Morgan fingerprint density at radius 2 is 1.66 bits per heavy atom. The van der Waals surface area contributed by atoms with Crippen molar-refractivity contribution < 1.29 is 14.3 Å². The van der Waals surface area contributed by atoms with Crippen LogP contribution in [0, 0.1) is 6.92 Å². The van der Waals surface area contributed by atoms with Crippen molar-refractivity contribution in [2.24, 2.45) is 0 Å². The molecule has 2 amide bonds. The Kier molecular flexibility index (Phi) is 10.5. The Hall–Kier alpha value is -4.62. The molecule has 210 valence electrons. The lowest BCUT2D eigenvalue weighted by Gasteiger charge is -2.33. The summed E-state index contributed by atoms with van der Waals surface area (Å²) in [5.41, 5.74) is 5.44. The minimum Gasteiger partial charge on any atom is -0.383 e. The Morgan fingerprint density at radius 1 is 0.902 bits per heavy atom. The van der Waals surface area contributed by atoms with Gasteiger partial charge in [0.15, 0.2) is 0 Å². The van der Waals surface area contributed by atoms with Crippen molar-refractivity contribution in [1.82, 2.24) is 19.8 Å². The molecule has 2 aromatic heterocycles. The van der Waals surface area contributed by atoms with Gasteiger partial charge in [-0.1, -0.05) is 66.7 Å². The fourth-order valence-electron chi connectivity index (χ4n) is 4.44. The zero-order valence-corrected chi connectivity index (χ0v) is 23.8. The molecule has 0 saturated carbocycles. The molecule has 1 atom stereocenters. The van der Waals surface area contributed by atoms with Crippen LogP contribution in [0.25, 0.3) is 17.3 Å². The molecule has 41 heavy (non-hydrogen) atoms. The molecule has 0 aliphatic heterocycles.